The van der Waals surface area contributed by atoms with Crippen LogP contribution in [-0.2, 0) is 6.54 Å². The van der Waals surface area contributed by atoms with Crippen molar-refractivity contribution < 1.29 is 0 Å². The van der Waals surface area contributed by atoms with Crippen LogP contribution >= 0.6 is 0 Å². The summed E-state index contributed by atoms with van der Waals surface area (Å²) in [6.07, 6.45) is 3.52. The first kappa shape index (κ1) is 16.8. The minimum atomic E-state index is 0.591. The zero-order valence-electron chi connectivity index (χ0n) is 15.0. The summed E-state index contributed by atoms with van der Waals surface area (Å²) < 4.78 is 0. The van der Waals surface area contributed by atoms with E-state index in [9.17, 15) is 0 Å². The number of anilines is 1. The van der Waals surface area contributed by atoms with Gasteiger partial charge in [0.2, 0.25) is 0 Å². The van der Waals surface area contributed by atoms with Crippen molar-refractivity contribution in [3.05, 3.63) is 90.8 Å². The molecule has 4 rings (SSSR count). The lowest BCUT2D eigenvalue weighted by Crippen LogP contribution is -2.18. The second-order valence-electron chi connectivity index (χ2n) is 6.21. The summed E-state index contributed by atoms with van der Waals surface area (Å²) in [6.45, 7) is 0.751. The van der Waals surface area contributed by atoms with Crippen LogP contribution in [0.2, 0.25) is 0 Å². The minimum Gasteiger partial charge on any atom is -0.355 e. The predicted molar refractivity (Wildman–Crippen MR) is 107 cm³/mol. The molecule has 1 aromatic carbocycles. The van der Waals surface area contributed by atoms with E-state index >= 15 is 0 Å². The largest absolute Gasteiger partial charge is 0.355 e. The zero-order valence-corrected chi connectivity index (χ0v) is 15.0. The van der Waals surface area contributed by atoms with Crippen LogP contribution in [0.1, 0.15) is 5.56 Å². The van der Waals surface area contributed by atoms with Crippen LogP contribution in [0, 0.1) is 0 Å². The molecule has 0 aliphatic rings. The van der Waals surface area contributed by atoms with Gasteiger partial charge in [0.05, 0.1) is 11.4 Å². The molecule has 0 spiro atoms. The van der Waals surface area contributed by atoms with Crippen LogP contribution in [0.5, 0.6) is 0 Å². The van der Waals surface area contributed by atoms with Crippen molar-refractivity contribution >= 4 is 5.82 Å². The summed E-state index contributed by atoms with van der Waals surface area (Å²) in [7, 11) is 2.03. The molecule has 0 N–H and O–H groups in total. The van der Waals surface area contributed by atoms with Crippen molar-refractivity contribution in [2.75, 3.05) is 11.9 Å². The van der Waals surface area contributed by atoms with Crippen molar-refractivity contribution in [1.82, 2.24) is 19.9 Å². The molecule has 0 aliphatic heterocycles. The normalized spacial score (nSPS) is 10.6. The third kappa shape index (κ3) is 3.98. The van der Waals surface area contributed by atoms with Crippen molar-refractivity contribution in [3.8, 4) is 22.9 Å². The number of nitrogens with zero attached hydrogens (tertiary/aromatic N) is 5. The fourth-order valence-electron chi connectivity index (χ4n) is 2.82. The van der Waals surface area contributed by atoms with E-state index in [1.807, 2.05) is 67.7 Å². The van der Waals surface area contributed by atoms with E-state index in [-0.39, 0.29) is 0 Å². The second-order valence-corrected chi connectivity index (χ2v) is 6.21. The number of hydrogen-bond acceptors (Lipinski definition) is 5. The predicted octanol–water partition coefficient (Wildman–Crippen LogP) is 4.24. The highest BCUT2D eigenvalue weighted by Crippen LogP contribution is 2.24. The molecule has 3 heterocycles. The fraction of sp³-hybridized carbons (Fsp3) is 0.0909. The first-order valence-corrected chi connectivity index (χ1v) is 8.76. The van der Waals surface area contributed by atoms with Gasteiger partial charge < -0.3 is 4.90 Å². The van der Waals surface area contributed by atoms with Gasteiger partial charge in [-0.1, -0.05) is 42.5 Å². The molecule has 5 heteroatoms. The van der Waals surface area contributed by atoms with Crippen molar-refractivity contribution in [2.45, 2.75) is 6.54 Å². The summed E-state index contributed by atoms with van der Waals surface area (Å²) >= 11 is 0. The van der Waals surface area contributed by atoms with Gasteiger partial charge in [-0.15, -0.1) is 0 Å². The second kappa shape index (κ2) is 7.74. The lowest BCUT2D eigenvalue weighted by molar-refractivity contribution is 0.892. The van der Waals surface area contributed by atoms with Gasteiger partial charge >= 0.3 is 0 Å². The lowest BCUT2D eigenvalue weighted by Gasteiger charge is -2.19. The fourth-order valence-corrected chi connectivity index (χ4v) is 2.82. The summed E-state index contributed by atoms with van der Waals surface area (Å²) in [6, 6.07) is 23.8. The van der Waals surface area contributed by atoms with Crippen LogP contribution < -0.4 is 4.90 Å². The van der Waals surface area contributed by atoms with Gasteiger partial charge in [0.1, 0.15) is 11.5 Å². The van der Waals surface area contributed by atoms with Crippen LogP contribution in [0.4, 0.5) is 5.82 Å². The molecule has 0 unspecified atom stereocenters. The van der Waals surface area contributed by atoms with Gasteiger partial charge in [0.15, 0.2) is 5.82 Å². The van der Waals surface area contributed by atoms with Crippen molar-refractivity contribution in [1.29, 1.82) is 0 Å². The SMILES string of the molecule is CN(Cc1ccccc1)c1cc(-c2ccccn2)nc(-c2ccccn2)n1. The molecular weight excluding hydrogens is 334 g/mol. The molecule has 5 nitrogen and oxygen atoms in total. The van der Waals surface area contributed by atoms with E-state index in [2.05, 4.69) is 27.0 Å². The Labute approximate surface area is 158 Å². The molecule has 4 aromatic rings. The van der Waals surface area contributed by atoms with Gasteiger partial charge in [-0.25, -0.2) is 9.97 Å². The molecule has 0 bridgehead atoms. The maximum Gasteiger partial charge on any atom is 0.180 e. The number of benzene rings is 1. The molecule has 0 saturated carbocycles. The first-order valence-electron chi connectivity index (χ1n) is 8.76. The summed E-state index contributed by atoms with van der Waals surface area (Å²) in [5.41, 5.74) is 3.55. The number of aromatic nitrogens is 4. The average molecular weight is 353 g/mol. The molecule has 0 atom stereocenters. The maximum atomic E-state index is 4.75. The smallest absolute Gasteiger partial charge is 0.180 e. The van der Waals surface area contributed by atoms with Crippen molar-refractivity contribution in [3.63, 3.8) is 0 Å². The standard InChI is InChI=1S/C22H19N5/c1-27(16-17-9-3-2-4-10-17)21-15-20(18-11-5-7-13-23-18)25-22(26-21)19-12-6-8-14-24-19/h2-15H,16H2,1H3. The first-order chi connectivity index (χ1) is 13.3. The number of rotatable bonds is 5. The van der Waals surface area contributed by atoms with Crippen LogP contribution in [0.25, 0.3) is 22.9 Å². The molecule has 0 saturated heterocycles. The summed E-state index contributed by atoms with van der Waals surface area (Å²) in [5, 5.41) is 0. The van der Waals surface area contributed by atoms with Gasteiger partial charge in [0, 0.05) is 32.1 Å². The van der Waals surface area contributed by atoms with Gasteiger partial charge in [0.25, 0.3) is 0 Å². The van der Waals surface area contributed by atoms with Crippen molar-refractivity contribution in [2.24, 2.45) is 0 Å². The molecule has 0 radical (unpaired) electrons. The molecule has 0 amide bonds. The van der Waals surface area contributed by atoms with Gasteiger partial charge in [-0.2, -0.15) is 0 Å². The van der Waals surface area contributed by atoms with E-state index in [0.717, 1.165) is 29.4 Å². The Bertz CT molecular complexity index is 947. The zero-order chi connectivity index (χ0) is 18.5. The van der Waals surface area contributed by atoms with Gasteiger partial charge in [-0.05, 0) is 29.8 Å². The maximum absolute atomic E-state index is 4.75. The van der Waals surface area contributed by atoms with E-state index in [4.69, 9.17) is 9.97 Å². The highest BCUT2D eigenvalue weighted by atomic mass is 15.2. The average Bonchev–Trinajstić information content (AvgIpc) is 2.75. The Morgan fingerprint density at radius 3 is 2.04 bits per heavy atom. The quantitative estimate of drug-likeness (QED) is 0.537. The van der Waals surface area contributed by atoms with E-state index in [0.29, 0.717) is 5.82 Å². The van der Waals surface area contributed by atoms with Crippen LogP contribution in [0.15, 0.2) is 85.2 Å². The monoisotopic (exact) mass is 353 g/mol. The Hall–Kier alpha value is -3.60. The lowest BCUT2D eigenvalue weighted by atomic mass is 10.2. The Morgan fingerprint density at radius 1 is 0.704 bits per heavy atom. The van der Waals surface area contributed by atoms with Gasteiger partial charge in [-0.3, -0.25) is 9.97 Å². The highest BCUT2D eigenvalue weighted by molar-refractivity contribution is 5.64. The molecule has 132 valence electrons. The molecule has 0 fully saturated rings. The van der Waals surface area contributed by atoms with Crippen LogP contribution in [-0.4, -0.2) is 27.0 Å². The Morgan fingerprint density at radius 2 is 1.37 bits per heavy atom. The molecule has 27 heavy (non-hydrogen) atoms. The third-order valence-electron chi connectivity index (χ3n) is 4.19. The summed E-state index contributed by atoms with van der Waals surface area (Å²) in [4.78, 5) is 20.4. The molecule has 0 aliphatic carbocycles. The Kier molecular flexibility index (Phi) is 4.83. The summed E-state index contributed by atoms with van der Waals surface area (Å²) in [5.74, 6) is 1.42. The van der Waals surface area contributed by atoms with E-state index in [1.165, 1.54) is 5.56 Å². The molecule has 3 aromatic heterocycles. The van der Waals surface area contributed by atoms with E-state index < -0.39 is 0 Å². The van der Waals surface area contributed by atoms with Crippen LogP contribution in [0.3, 0.4) is 0 Å². The highest BCUT2D eigenvalue weighted by Gasteiger charge is 2.13. The Balaban J connectivity index is 1.76. The number of pyridine rings is 2. The third-order valence-corrected chi connectivity index (χ3v) is 4.19. The minimum absolute atomic E-state index is 0.591. The molecular formula is C22H19N5. The van der Waals surface area contributed by atoms with E-state index in [1.54, 1.807) is 12.4 Å². The topological polar surface area (TPSA) is 54.8 Å². The number of hydrogen-bond donors (Lipinski definition) is 0.